The van der Waals surface area contributed by atoms with E-state index in [-0.39, 0.29) is 15.4 Å². The molecule has 0 aliphatic carbocycles. The first-order valence-electron chi connectivity index (χ1n) is 4.62. The van der Waals surface area contributed by atoms with Gasteiger partial charge in [0, 0.05) is 6.54 Å². The van der Waals surface area contributed by atoms with E-state index in [1.54, 1.807) is 13.8 Å². The molecule has 0 bridgehead atoms. The summed E-state index contributed by atoms with van der Waals surface area (Å²) >= 11 is 6.50. The number of aromatic nitrogens is 2. The van der Waals surface area contributed by atoms with Gasteiger partial charge in [-0.2, -0.15) is 0 Å². The van der Waals surface area contributed by atoms with Crippen molar-refractivity contribution in [2.45, 2.75) is 19.9 Å². The lowest BCUT2D eigenvalue weighted by molar-refractivity contribution is -0.122. The van der Waals surface area contributed by atoms with Crippen molar-refractivity contribution in [1.82, 2.24) is 20.8 Å². The molecule has 1 aromatic heterocycles. The maximum absolute atomic E-state index is 11.5. The molecular formula is C8H11ClN4O2S. The van der Waals surface area contributed by atoms with Crippen LogP contribution in [0.5, 0.6) is 0 Å². The Bertz CT molecular complexity index is 395. The summed E-state index contributed by atoms with van der Waals surface area (Å²) in [5, 5.41) is 12.3. The molecule has 0 saturated carbocycles. The van der Waals surface area contributed by atoms with E-state index < -0.39 is 11.9 Å². The summed E-state index contributed by atoms with van der Waals surface area (Å²) in [4.78, 5) is 22.9. The van der Waals surface area contributed by atoms with Crippen molar-refractivity contribution in [3.63, 3.8) is 0 Å². The van der Waals surface area contributed by atoms with E-state index in [0.29, 0.717) is 6.54 Å². The molecule has 1 aromatic rings. The average Bonchev–Trinajstić information content (AvgIpc) is 2.65. The molecule has 0 radical (unpaired) electrons. The highest BCUT2D eigenvalue weighted by Gasteiger charge is 2.18. The topological polar surface area (TPSA) is 84.0 Å². The molecule has 2 amide bonds. The number of halogens is 1. The predicted molar refractivity (Wildman–Crippen MR) is 60.5 cm³/mol. The minimum absolute atomic E-state index is 0.140. The number of nitrogens with zero attached hydrogens (tertiary/aromatic N) is 2. The minimum atomic E-state index is -0.616. The van der Waals surface area contributed by atoms with Crippen LogP contribution in [0.3, 0.4) is 0 Å². The third-order valence-corrected chi connectivity index (χ3v) is 2.70. The molecule has 1 unspecified atom stereocenters. The number of hydrogen-bond donors (Lipinski definition) is 2. The Labute approximate surface area is 101 Å². The Morgan fingerprint density at radius 1 is 1.50 bits per heavy atom. The second kappa shape index (κ2) is 5.76. The van der Waals surface area contributed by atoms with E-state index in [4.69, 9.17) is 11.6 Å². The number of amides is 2. The Hall–Kier alpha value is -1.21. The van der Waals surface area contributed by atoms with Gasteiger partial charge in [-0.15, -0.1) is 10.2 Å². The van der Waals surface area contributed by atoms with E-state index in [1.165, 1.54) is 0 Å². The molecule has 88 valence electrons. The van der Waals surface area contributed by atoms with Gasteiger partial charge >= 0.3 is 0 Å². The predicted octanol–water partition coefficient (Wildman–Crippen LogP) is 0.446. The van der Waals surface area contributed by atoms with Crippen LogP contribution < -0.4 is 10.6 Å². The molecule has 1 rings (SSSR count). The first-order valence-corrected chi connectivity index (χ1v) is 5.81. The third kappa shape index (κ3) is 3.42. The fourth-order valence-electron chi connectivity index (χ4n) is 0.948. The van der Waals surface area contributed by atoms with Crippen LogP contribution in [-0.4, -0.2) is 34.6 Å². The molecule has 6 nitrogen and oxygen atoms in total. The Morgan fingerprint density at radius 3 is 2.69 bits per heavy atom. The lowest BCUT2D eigenvalue weighted by Crippen LogP contribution is -2.44. The molecular weight excluding hydrogens is 252 g/mol. The molecule has 1 heterocycles. The van der Waals surface area contributed by atoms with Crippen molar-refractivity contribution < 1.29 is 9.59 Å². The van der Waals surface area contributed by atoms with Crippen LogP contribution in [0.4, 0.5) is 0 Å². The summed E-state index contributed by atoms with van der Waals surface area (Å²) in [5.74, 6) is -0.699. The maximum atomic E-state index is 11.5. The van der Waals surface area contributed by atoms with Crippen molar-refractivity contribution in [2.75, 3.05) is 6.54 Å². The smallest absolute Gasteiger partial charge is 0.282 e. The summed E-state index contributed by atoms with van der Waals surface area (Å²) in [5.41, 5.74) is 0. The van der Waals surface area contributed by atoms with Crippen LogP contribution in [0.2, 0.25) is 4.47 Å². The van der Waals surface area contributed by atoms with Gasteiger partial charge in [-0.3, -0.25) is 9.59 Å². The quantitative estimate of drug-likeness (QED) is 0.825. The lowest BCUT2D eigenvalue weighted by atomic mass is 10.3. The fourth-order valence-corrected chi connectivity index (χ4v) is 1.68. The van der Waals surface area contributed by atoms with Gasteiger partial charge in [0.05, 0.1) is 0 Å². The van der Waals surface area contributed by atoms with E-state index in [2.05, 4.69) is 20.8 Å². The molecule has 1 atom stereocenters. The van der Waals surface area contributed by atoms with Crippen molar-refractivity contribution in [1.29, 1.82) is 0 Å². The maximum Gasteiger partial charge on any atom is 0.282 e. The first-order chi connectivity index (χ1) is 7.54. The van der Waals surface area contributed by atoms with Gasteiger partial charge in [-0.05, 0) is 25.4 Å². The van der Waals surface area contributed by atoms with Gasteiger partial charge in [-0.25, -0.2) is 0 Å². The van der Waals surface area contributed by atoms with E-state index in [0.717, 1.165) is 11.3 Å². The Morgan fingerprint density at radius 2 is 2.19 bits per heavy atom. The first kappa shape index (κ1) is 12.9. The monoisotopic (exact) mass is 262 g/mol. The number of nitrogens with one attached hydrogen (secondary N) is 2. The van der Waals surface area contributed by atoms with Crippen LogP contribution in [0.1, 0.15) is 23.6 Å². The van der Waals surface area contributed by atoms with Crippen LogP contribution in [0, 0.1) is 0 Å². The summed E-state index contributed by atoms with van der Waals surface area (Å²) in [6.07, 6.45) is 0. The molecule has 0 aromatic carbocycles. The summed E-state index contributed by atoms with van der Waals surface area (Å²) in [6.45, 7) is 3.91. The van der Waals surface area contributed by atoms with E-state index in [1.807, 2.05) is 0 Å². The van der Waals surface area contributed by atoms with Crippen LogP contribution in [-0.2, 0) is 4.79 Å². The van der Waals surface area contributed by atoms with E-state index >= 15 is 0 Å². The van der Waals surface area contributed by atoms with Gasteiger partial charge in [0.25, 0.3) is 5.91 Å². The summed E-state index contributed by atoms with van der Waals surface area (Å²) in [7, 11) is 0. The largest absolute Gasteiger partial charge is 0.355 e. The van der Waals surface area contributed by atoms with Crippen molar-refractivity contribution in [3.05, 3.63) is 9.47 Å². The lowest BCUT2D eigenvalue weighted by Gasteiger charge is -2.11. The fraction of sp³-hybridized carbons (Fsp3) is 0.500. The van der Waals surface area contributed by atoms with Crippen LogP contribution in [0.25, 0.3) is 0 Å². The molecule has 16 heavy (non-hydrogen) atoms. The van der Waals surface area contributed by atoms with Crippen molar-refractivity contribution in [2.24, 2.45) is 0 Å². The molecule has 2 N–H and O–H groups in total. The number of carbonyl (C=O) groups is 2. The number of likely N-dealkylation sites (N-methyl/N-ethyl adjacent to an activating group) is 1. The van der Waals surface area contributed by atoms with Gasteiger partial charge in [0.1, 0.15) is 6.04 Å². The van der Waals surface area contributed by atoms with Gasteiger partial charge in [0.15, 0.2) is 0 Å². The SMILES string of the molecule is CCNC(=O)C(C)NC(=O)c1nnc(Cl)s1. The molecule has 8 heteroatoms. The average molecular weight is 263 g/mol. The number of carbonyl (C=O) groups excluding carboxylic acids is 2. The standard InChI is InChI=1S/C8H11ClN4O2S/c1-3-10-5(14)4(2)11-6(15)7-12-13-8(9)16-7/h4H,3H2,1-2H3,(H,10,14)(H,11,15). The normalized spacial score (nSPS) is 11.9. The molecule has 0 fully saturated rings. The second-order valence-corrected chi connectivity index (χ2v) is 4.51. The van der Waals surface area contributed by atoms with Crippen LogP contribution in [0.15, 0.2) is 0 Å². The van der Waals surface area contributed by atoms with Gasteiger partial charge in [-0.1, -0.05) is 11.3 Å². The van der Waals surface area contributed by atoms with Crippen molar-refractivity contribution in [3.8, 4) is 0 Å². The highest BCUT2D eigenvalue weighted by atomic mass is 35.5. The number of rotatable bonds is 4. The number of hydrogen-bond acceptors (Lipinski definition) is 5. The molecule has 0 spiro atoms. The zero-order valence-corrected chi connectivity index (χ0v) is 10.4. The van der Waals surface area contributed by atoms with E-state index in [9.17, 15) is 9.59 Å². The Balaban J connectivity index is 2.54. The summed E-state index contributed by atoms with van der Waals surface area (Å²) < 4.78 is 0.191. The summed E-state index contributed by atoms with van der Waals surface area (Å²) in [6, 6.07) is -0.616. The minimum Gasteiger partial charge on any atom is -0.355 e. The van der Waals surface area contributed by atoms with Crippen LogP contribution >= 0.6 is 22.9 Å². The highest BCUT2D eigenvalue weighted by molar-refractivity contribution is 7.17. The highest BCUT2D eigenvalue weighted by Crippen LogP contribution is 2.14. The zero-order chi connectivity index (χ0) is 12.1. The third-order valence-electron chi connectivity index (χ3n) is 1.69. The zero-order valence-electron chi connectivity index (χ0n) is 8.78. The molecule has 0 aliphatic rings. The second-order valence-electron chi connectivity index (χ2n) is 2.95. The van der Waals surface area contributed by atoms with Crippen molar-refractivity contribution >= 4 is 34.8 Å². The Kier molecular flexibility index (Phi) is 4.63. The molecule has 0 aliphatic heterocycles. The van der Waals surface area contributed by atoms with Gasteiger partial charge < -0.3 is 10.6 Å². The molecule has 0 saturated heterocycles. The van der Waals surface area contributed by atoms with Gasteiger partial charge in [0.2, 0.25) is 15.4 Å².